The zero-order valence-corrected chi connectivity index (χ0v) is 20.4. The highest BCUT2D eigenvalue weighted by atomic mass is 32.2. The molecule has 2 aromatic rings. The lowest BCUT2D eigenvalue weighted by Crippen LogP contribution is -2.42. The van der Waals surface area contributed by atoms with Crippen LogP contribution < -0.4 is 10.6 Å². The molecular weight excluding hydrogens is 462 g/mol. The van der Waals surface area contributed by atoms with Crippen molar-refractivity contribution in [2.45, 2.75) is 44.0 Å². The normalized spacial score (nSPS) is 15.8. The molecule has 0 aliphatic carbocycles. The first-order chi connectivity index (χ1) is 15.7. The van der Waals surface area contributed by atoms with Crippen LogP contribution in [0.2, 0.25) is 0 Å². The zero-order chi connectivity index (χ0) is 24.4. The fraction of sp³-hybridized carbons (Fsp3) is 0.364. The summed E-state index contributed by atoms with van der Waals surface area (Å²) >= 11 is 1.37. The fourth-order valence-electron chi connectivity index (χ4n) is 3.07. The van der Waals surface area contributed by atoms with Gasteiger partial charge in [-0.1, -0.05) is 49.1 Å². The molecule has 1 fully saturated rings. The van der Waals surface area contributed by atoms with Crippen molar-refractivity contribution >= 4 is 38.3 Å². The Hall–Kier alpha value is -2.89. The summed E-state index contributed by atoms with van der Waals surface area (Å²) in [6.07, 6.45) is 4.78. The van der Waals surface area contributed by atoms with E-state index in [0.717, 1.165) is 29.8 Å². The highest BCUT2D eigenvalue weighted by Crippen LogP contribution is 2.26. The summed E-state index contributed by atoms with van der Waals surface area (Å²) < 4.78 is 26.8. The van der Waals surface area contributed by atoms with Gasteiger partial charge in [0.25, 0.3) is 0 Å². The first-order valence-corrected chi connectivity index (χ1v) is 12.7. The largest absolute Gasteiger partial charge is 0.351 e. The van der Waals surface area contributed by atoms with E-state index in [-0.39, 0.29) is 17.9 Å². The van der Waals surface area contributed by atoms with Crippen molar-refractivity contribution in [3.05, 3.63) is 60.1 Å². The van der Waals surface area contributed by atoms with Crippen LogP contribution in [0.1, 0.15) is 30.3 Å². The number of hydrogen-bond acceptors (Lipinski definition) is 7. The summed E-state index contributed by atoms with van der Waals surface area (Å²) in [6, 6.07) is 6.64. The smallest absolute Gasteiger partial charge is 0.249 e. The van der Waals surface area contributed by atoms with Crippen molar-refractivity contribution in [3.8, 4) is 0 Å². The second-order valence-electron chi connectivity index (χ2n) is 7.22. The Morgan fingerprint density at radius 3 is 2.42 bits per heavy atom. The van der Waals surface area contributed by atoms with Gasteiger partial charge in [0.2, 0.25) is 27.0 Å². The van der Waals surface area contributed by atoms with Crippen LogP contribution >= 0.6 is 11.3 Å². The number of anilines is 1. The number of rotatable bonds is 8. The Balaban J connectivity index is 0.000000273. The maximum absolute atomic E-state index is 12.7. The molecule has 3 rings (SSSR count). The molecule has 2 heterocycles. The number of nitrogens with zero attached hydrogens (tertiary/aromatic N) is 3. The fourth-order valence-corrected chi connectivity index (χ4v) is 5.44. The third-order valence-electron chi connectivity index (χ3n) is 4.83. The maximum atomic E-state index is 12.7. The molecule has 0 radical (unpaired) electrons. The van der Waals surface area contributed by atoms with E-state index in [1.54, 1.807) is 24.3 Å². The van der Waals surface area contributed by atoms with Gasteiger partial charge in [0.15, 0.2) is 0 Å². The van der Waals surface area contributed by atoms with E-state index in [4.69, 9.17) is 0 Å². The van der Waals surface area contributed by atoms with Gasteiger partial charge in [-0.25, -0.2) is 8.42 Å². The first kappa shape index (κ1) is 26.4. The van der Waals surface area contributed by atoms with Crippen LogP contribution in [0.15, 0.2) is 54.5 Å². The number of carbonyl (C=O) groups is 2. The minimum absolute atomic E-state index is 0.194. The van der Waals surface area contributed by atoms with Gasteiger partial charge in [0, 0.05) is 19.1 Å². The summed E-state index contributed by atoms with van der Waals surface area (Å²) in [5, 5.41) is 14.2. The second kappa shape index (κ2) is 12.4. The summed E-state index contributed by atoms with van der Waals surface area (Å²) in [5.41, 5.74) is 1.02. The van der Waals surface area contributed by atoms with Crippen LogP contribution in [-0.4, -0.2) is 53.9 Å². The summed E-state index contributed by atoms with van der Waals surface area (Å²) in [4.78, 5) is 22.3. The molecule has 1 atom stereocenters. The number of aromatic nitrogens is 2. The predicted octanol–water partition coefficient (Wildman–Crippen LogP) is 2.68. The highest BCUT2D eigenvalue weighted by Gasteiger charge is 2.35. The number of nitrogens with one attached hydrogen (secondary N) is 2. The molecule has 11 heteroatoms. The number of amides is 2. The lowest BCUT2D eigenvalue weighted by atomic mass is 10.2. The lowest BCUT2D eigenvalue weighted by Gasteiger charge is -2.24. The van der Waals surface area contributed by atoms with Gasteiger partial charge in [0.1, 0.15) is 5.01 Å². The van der Waals surface area contributed by atoms with Gasteiger partial charge >= 0.3 is 0 Å². The summed E-state index contributed by atoms with van der Waals surface area (Å²) in [7, 11) is -3.50. The second-order valence-corrected chi connectivity index (χ2v) is 10.2. The third-order valence-corrected chi connectivity index (χ3v) is 7.78. The van der Waals surface area contributed by atoms with Crippen LogP contribution in [0.25, 0.3) is 0 Å². The van der Waals surface area contributed by atoms with E-state index in [1.165, 1.54) is 27.8 Å². The van der Waals surface area contributed by atoms with E-state index >= 15 is 0 Å². The first-order valence-electron chi connectivity index (χ1n) is 10.5. The topological polar surface area (TPSA) is 121 Å². The van der Waals surface area contributed by atoms with Crippen LogP contribution in [-0.2, 0) is 26.0 Å². The van der Waals surface area contributed by atoms with E-state index in [1.807, 2.05) is 13.8 Å². The van der Waals surface area contributed by atoms with Crippen LogP contribution in [0, 0.1) is 6.92 Å². The van der Waals surface area contributed by atoms with Gasteiger partial charge in [-0.15, -0.1) is 10.2 Å². The molecule has 33 heavy (non-hydrogen) atoms. The van der Waals surface area contributed by atoms with Gasteiger partial charge in [0.05, 0.1) is 4.90 Å². The molecule has 178 valence electrons. The molecule has 0 spiro atoms. The van der Waals surface area contributed by atoms with E-state index in [0.29, 0.717) is 23.1 Å². The van der Waals surface area contributed by atoms with E-state index < -0.39 is 10.0 Å². The molecule has 1 aromatic carbocycles. The maximum Gasteiger partial charge on any atom is 0.249 e. The Morgan fingerprint density at radius 2 is 1.85 bits per heavy atom. The summed E-state index contributed by atoms with van der Waals surface area (Å²) in [6.45, 7) is 11.4. The van der Waals surface area contributed by atoms with Crippen molar-refractivity contribution in [2.75, 3.05) is 18.4 Å². The molecular formula is C22H29N5O4S2. The highest BCUT2D eigenvalue weighted by molar-refractivity contribution is 7.89. The molecule has 9 nitrogen and oxygen atoms in total. The molecule has 0 unspecified atom stereocenters. The summed E-state index contributed by atoms with van der Waals surface area (Å²) in [5.74, 6) is -0.539. The Bertz CT molecular complexity index is 1080. The molecule has 1 aliphatic rings. The number of carbonyl (C=O) groups excluding carboxylic acids is 2. The number of aryl methyl sites for hydroxylation is 2. The third kappa shape index (κ3) is 7.58. The predicted molar refractivity (Wildman–Crippen MR) is 129 cm³/mol. The molecule has 2 N–H and O–H groups in total. The van der Waals surface area contributed by atoms with Crippen molar-refractivity contribution < 1.29 is 18.0 Å². The van der Waals surface area contributed by atoms with E-state index in [9.17, 15) is 18.0 Å². The van der Waals surface area contributed by atoms with Crippen LogP contribution in [0.4, 0.5) is 5.13 Å². The SMILES string of the molecule is C=CC(=O)NC[C@H]1CCCN1S(=O)(=O)c1ccc(C)cc1.C=CC(=O)Nc1nnc(CC)s1. The number of hydrogen-bond donors (Lipinski definition) is 2. The molecule has 1 aliphatic heterocycles. The average Bonchev–Trinajstić information content (AvgIpc) is 3.47. The number of sulfonamides is 1. The van der Waals surface area contributed by atoms with Gasteiger partial charge in [-0.05, 0) is 50.5 Å². The standard InChI is InChI=1S/C15H20N2O3S.C7H9N3OS/c1-3-15(18)16-11-13-5-4-10-17(13)21(19,20)14-8-6-12(2)7-9-14;1-3-5(11)8-7-10-9-6(4-2)12-7/h3,6-9,13H,1,4-5,10-11H2,2H3,(H,16,18);3H,1,4H2,2H3,(H,8,10,11)/t13-;/m1./s1. The average molecular weight is 492 g/mol. The van der Waals surface area contributed by atoms with E-state index in [2.05, 4.69) is 34.0 Å². The van der Waals surface area contributed by atoms with Crippen molar-refractivity contribution in [3.63, 3.8) is 0 Å². The van der Waals surface area contributed by atoms with Crippen molar-refractivity contribution in [2.24, 2.45) is 0 Å². The van der Waals surface area contributed by atoms with Crippen LogP contribution in [0.3, 0.4) is 0 Å². The molecule has 0 bridgehead atoms. The molecule has 0 saturated carbocycles. The molecule has 1 aromatic heterocycles. The van der Waals surface area contributed by atoms with Crippen molar-refractivity contribution in [1.82, 2.24) is 19.8 Å². The van der Waals surface area contributed by atoms with Gasteiger partial charge < -0.3 is 5.32 Å². The van der Waals surface area contributed by atoms with Gasteiger partial charge in [-0.2, -0.15) is 4.31 Å². The van der Waals surface area contributed by atoms with Crippen molar-refractivity contribution in [1.29, 1.82) is 0 Å². The quantitative estimate of drug-likeness (QED) is 0.548. The minimum atomic E-state index is -3.50. The Labute approximate surface area is 198 Å². The Morgan fingerprint density at radius 1 is 1.18 bits per heavy atom. The Kier molecular flexibility index (Phi) is 9.89. The van der Waals surface area contributed by atoms with Gasteiger partial charge in [-0.3, -0.25) is 14.9 Å². The molecule has 1 saturated heterocycles. The monoisotopic (exact) mass is 491 g/mol. The molecule has 2 amide bonds. The minimum Gasteiger partial charge on any atom is -0.351 e. The zero-order valence-electron chi connectivity index (χ0n) is 18.8. The van der Waals surface area contributed by atoms with Crippen LogP contribution in [0.5, 0.6) is 0 Å². The number of benzene rings is 1. The lowest BCUT2D eigenvalue weighted by molar-refractivity contribution is -0.116.